The van der Waals surface area contributed by atoms with Gasteiger partial charge in [0.05, 0.1) is 15.7 Å². The summed E-state index contributed by atoms with van der Waals surface area (Å²) >= 11 is 1.58. The summed E-state index contributed by atoms with van der Waals surface area (Å²) in [6, 6.07) is 6.85. The molecule has 0 spiro atoms. The molecule has 2 aliphatic rings. The Morgan fingerprint density at radius 3 is 2.83 bits per heavy atom. The molecule has 2 atom stereocenters. The smallest absolute Gasteiger partial charge is 0.251 e. The van der Waals surface area contributed by atoms with E-state index in [9.17, 15) is 4.79 Å². The number of nitrogens with one attached hydrogen (secondary N) is 1. The van der Waals surface area contributed by atoms with Crippen molar-refractivity contribution < 1.29 is 4.79 Å². The van der Waals surface area contributed by atoms with Crippen LogP contribution in [0.4, 0.5) is 0 Å². The largest absolute Gasteiger partial charge is 0.349 e. The van der Waals surface area contributed by atoms with Crippen LogP contribution in [0.15, 0.2) is 23.7 Å². The molecule has 0 bridgehead atoms. The molecule has 1 aromatic heterocycles. The lowest BCUT2D eigenvalue weighted by Gasteiger charge is -2.38. The van der Waals surface area contributed by atoms with Crippen molar-refractivity contribution in [1.82, 2.24) is 15.2 Å². The lowest BCUT2D eigenvalue weighted by Crippen LogP contribution is -2.48. The van der Waals surface area contributed by atoms with E-state index in [4.69, 9.17) is 0 Å². The van der Waals surface area contributed by atoms with Crippen LogP contribution >= 0.6 is 11.3 Å². The van der Waals surface area contributed by atoms with Gasteiger partial charge in [0.15, 0.2) is 0 Å². The molecular formula is C19H25N3OS. The molecule has 128 valence electrons. The zero-order valence-electron chi connectivity index (χ0n) is 14.2. The second kappa shape index (κ2) is 6.81. The van der Waals surface area contributed by atoms with E-state index in [0.29, 0.717) is 6.04 Å². The molecule has 2 fully saturated rings. The number of carbonyl (C=O) groups is 1. The Labute approximate surface area is 147 Å². The highest BCUT2D eigenvalue weighted by Gasteiger charge is 2.31. The average Bonchev–Trinajstić information content (AvgIpc) is 3.23. The maximum Gasteiger partial charge on any atom is 0.251 e. The maximum atomic E-state index is 12.5. The van der Waals surface area contributed by atoms with E-state index in [0.717, 1.165) is 53.7 Å². The third-order valence-electron chi connectivity index (χ3n) is 5.74. The highest BCUT2D eigenvalue weighted by Crippen LogP contribution is 2.31. The van der Waals surface area contributed by atoms with Crippen molar-refractivity contribution in [3.8, 4) is 0 Å². The van der Waals surface area contributed by atoms with Crippen molar-refractivity contribution in [2.45, 2.75) is 51.1 Å². The van der Waals surface area contributed by atoms with Gasteiger partial charge in [-0.05, 0) is 49.8 Å². The number of benzene rings is 1. The quantitative estimate of drug-likeness (QED) is 0.925. The molecule has 1 N–H and O–H groups in total. The third kappa shape index (κ3) is 3.20. The summed E-state index contributed by atoms with van der Waals surface area (Å²) in [5.41, 5.74) is 3.54. The summed E-state index contributed by atoms with van der Waals surface area (Å²) in [4.78, 5) is 19.5. The second-order valence-corrected chi connectivity index (χ2v) is 8.18. The summed E-state index contributed by atoms with van der Waals surface area (Å²) in [6.45, 7) is 4.63. The molecule has 2 aromatic rings. The fourth-order valence-electron chi connectivity index (χ4n) is 4.31. The van der Waals surface area contributed by atoms with Crippen LogP contribution in [0.3, 0.4) is 0 Å². The zero-order valence-corrected chi connectivity index (χ0v) is 15.0. The SMILES string of the molecule is CC1CCCC1N1CCC(NC(=O)c2ccc3ncsc3c2)CC1. The predicted octanol–water partition coefficient (Wildman–Crippen LogP) is 3.68. The Balaban J connectivity index is 1.33. The molecule has 1 saturated heterocycles. The predicted molar refractivity (Wildman–Crippen MR) is 98.5 cm³/mol. The molecule has 1 aliphatic carbocycles. The maximum absolute atomic E-state index is 12.5. The molecule has 2 heterocycles. The Bertz CT molecular complexity index is 720. The standard InChI is InChI=1S/C19H25N3OS/c1-13-3-2-4-17(13)22-9-7-15(8-10-22)21-19(23)14-5-6-16-18(11-14)24-12-20-16/h5-6,11-13,15,17H,2-4,7-10H2,1H3,(H,21,23). The minimum absolute atomic E-state index is 0.0537. The normalized spacial score (nSPS) is 26.0. The molecule has 1 saturated carbocycles. The number of piperidine rings is 1. The first-order valence-electron chi connectivity index (χ1n) is 9.09. The molecular weight excluding hydrogens is 318 g/mol. The molecule has 0 radical (unpaired) electrons. The molecule has 2 unspecified atom stereocenters. The van der Waals surface area contributed by atoms with E-state index in [1.165, 1.54) is 19.3 Å². The second-order valence-electron chi connectivity index (χ2n) is 7.29. The van der Waals surface area contributed by atoms with Crippen LogP contribution in [0.25, 0.3) is 10.2 Å². The van der Waals surface area contributed by atoms with Gasteiger partial charge >= 0.3 is 0 Å². The minimum atomic E-state index is 0.0537. The summed E-state index contributed by atoms with van der Waals surface area (Å²) in [5.74, 6) is 0.889. The highest BCUT2D eigenvalue weighted by atomic mass is 32.1. The van der Waals surface area contributed by atoms with Gasteiger partial charge in [0.1, 0.15) is 0 Å². The number of thiazole rings is 1. The van der Waals surface area contributed by atoms with Crippen LogP contribution in [0.2, 0.25) is 0 Å². The summed E-state index contributed by atoms with van der Waals surface area (Å²) in [5, 5.41) is 3.23. The van der Waals surface area contributed by atoms with Gasteiger partial charge in [-0.25, -0.2) is 4.98 Å². The van der Waals surface area contributed by atoms with E-state index in [1.807, 2.05) is 23.7 Å². The molecule has 24 heavy (non-hydrogen) atoms. The highest BCUT2D eigenvalue weighted by molar-refractivity contribution is 7.16. The summed E-state index contributed by atoms with van der Waals surface area (Å²) in [7, 11) is 0. The van der Waals surface area contributed by atoms with Crippen molar-refractivity contribution in [3.05, 3.63) is 29.3 Å². The summed E-state index contributed by atoms with van der Waals surface area (Å²) < 4.78 is 1.08. The number of aromatic nitrogens is 1. The number of amides is 1. The third-order valence-corrected chi connectivity index (χ3v) is 6.54. The van der Waals surface area contributed by atoms with Gasteiger partial charge < -0.3 is 5.32 Å². The van der Waals surface area contributed by atoms with Crippen LogP contribution in [0.5, 0.6) is 0 Å². The average molecular weight is 343 g/mol. The minimum Gasteiger partial charge on any atom is -0.349 e. The number of hydrogen-bond donors (Lipinski definition) is 1. The molecule has 4 nitrogen and oxygen atoms in total. The molecule has 1 aromatic carbocycles. The molecule has 5 heteroatoms. The van der Waals surface area contributed by atoms with Gasteiger partial charge in [-0.3, -0.25) is 9.69 Å². The van der Waals surface area contributed by atoms with Crippen LogP contribution < -0.4 is 5.32 Å². The van der Waals surface area contributed by atoms with E-state index >= 15 is 0 Å². The van der Waals surface area contributed by atoms with Gasteiger partial charge in [0.2, 0.25) is 0 Å². The summed E-state index contributed by atoms with van der Waals surface area (Å²) in [6.07, 6.45) is 6.24. The Kier molecular flexibility index (Phi) is 4.55. The van der Waals surface area contributed by atoms with Gasteiger partial charge in [0.25, 0.3) is 5.91 Å². The van der Waals surface area contributed by atoms with Crippen molar-refractivity contribution in [2.75, 3.05) is 13.1 Å². The van der Waals surface area contributed by atoms with Gasteiger partial charge in [-0.1, -0.05) is 13.3 Å². The van der Waals surface area contributed by atoms with E-state index in [-0.39, 0.29) is 5.91 Å². The lowest BCUT2D eigenvalue weighted by atomic mass is 9.98. The Morgan fingerprint density at radius 1 is 1.25 bits per heavy atom. The first kappa shape index (κ1) is 16.0. The van der Waals surface area contributed by atoms with Crippen molar-refractivity contribution in [3.63, 3.8) is 0 Å². The van der Waals surface area contributed by atoms with Crippen LogP contribution in [0.1, 0.15) is 49.4 Å². The molecule has 4 rings (SSSR count). The van der Waals surface area contributed by atoms with Gasteiger partial charge in [0, 0.05) is 30.7 Å². The monoisotopic (exact) mass is 343 g/mol. The van der Waals surface area contributed by atoms with E-state index in [1.54, 1.807) is 11.3 Å². The fraction of sp³-hybridized carbons (Fsp3) is 0.579. The number of rotatable bonds is 3. The lowest BCUT2D eigenvalue weighted by molar-refractivity contribution is 0.0872. The zero-order chi connectivity index (χ0) is 16.5. The topological polar surface area (TPSA) is 45.2 Å². The van der Waals surface area contributed by atoms with E-state index < -0.39 is 0 Å². The Morgan fingerprint density at radius 2 is 2.08 bits per heavy atom. The van der Waals surface area contributed by atoms with Gasteiger partial charge in [-0.2, -0.15) is 0 Å². The van der Waals surface area contributed by atoms with Crippen LogP contribution in [-0.4, -0.2) is 41.0 Å². The molecule has 1 aliphatic heterocycles. The molecule has 1 amide bonds. The van der Waals surface area contributed by atoms with Gasteiger partial charge in [-0.15, -0.1) is 11.3 Å². The van der Waals surface area contributed by atoms with Crippen molar-refractivity contribution in [1.29, 1.82) is 0 Å². The fourth-order valence-corrected chi connectivity index (χ4v) is 5.03. The number of fused-ring (bicyclic) bond motifs is 1. The Hall–Kier alpha value is -1.46. The van der Waals surface area contributed by atoms with Crippen molar-refractivity contribution >= 4 is 27.5 Å². The van der Waals surface area contributed by atoms with Crippen LogP contribution in [0, 0.1) is 5.92 Å². The first-order chi connectivity index (χ1) is 11.7. The number of nitrogens with zero attached hydrogens (tertiary/aromatic N) is 2. The van der Waals surface area contributed by atoms with Crippen molar-refractivity contribution in [2.24, 2.45) is 5.92 Å². The van der Waals surface area contributed by atoms with E-state index in [2.05, 4.69) is 22.1 Å². The number of likely N-dealkylation sites (tertiary alicyclic amines) is 1. The first-order valence-corrected chi connectivity index (χ1v) is 9.97. The number of carbonyl (C=O) groups excluding carboxylic acids is 1. The van der Waals surface area contributed by atoms with Crippen LogP contribution in [-0.2, 0) is 0 Å². The number of hydrogen-bond acceptors (Lipinski definition) is 4.